The van der Waals surface area contributed by atoms with Gasteiger partial charge in [-0.3, -0.25) is 0 Å². The fraction of sp³-hybridized carbons (Fsp3) is 0.333. The molecule has 1 aliphatic carbocycles. The molecule has 3 heteroatoms. The van der Waals surface area contributed by atoms with Gasteiger partial charge in [0.2, 0.25) is 0 Å². The molecular formula is C12H12BrFO. The molecule has 1 aliphatic rings. The van der Waals surface area contributed by atoms with Crippen molar-refractivity contribution in [1.29, 1.82) is 0 Å². The van der Waals surface area contributed by atoms with Crippen LogP contribution in [-0.2, 0) is 0 Å². The van der Waals surface area contributed by atoms with Crippen molar-refractivity contribution < 1.29 is 9.50 Å². The van der Waals surface area contributed by atoms with Crippen LogP contribution in [0.1, 0.15) is 30.9 Å². The van der Waals surface area contributed by atoms with E-state index in [9.17, 15) is 9.50 Å². The quantitative estimate of drug-likeness (QED) is 0.812. The molecule has 1 nitrogen and oxygen atoms in total. The Bertz CT molecular complexity index is 401. The van der Waals surface area contributed by atoms with Gasteiger partial charge in [-0.05, 0) is 37.0 Å². The second-order valence-corrected chi connectivity index (χ2v) is 4.66. The number of rotatable bonds is 2. The highest BCUT2D eigenvalue weighted by Crippen LogP contribution is 2.32. The summed E-state index contributed by atoms with van der Waals surface area (Å²) >= 11 is 3.19. The van der Waals surface area contributed by atoms with Crippen LogP contribution in [0.15, 0.2) is 34.3 Å². The molecule has 0 radical (unpaired) electrons. The van der Waals surface area contributed by atoms with Crippen molar-refractivity contribution >= 4 is 15.9 Å². The second kappa shape index (κ2) is 4.45. The SMILES string of the molecule is OC(C1=CCCC1)c1ccc(Br)cc1F. The van der Waals surface area contributed by atoms with Gasteiger partial charge in [-0.1, -0.05) is 28.1 Å². The molecule has 0 saturated heterocycles. The fourth-order valence-corrected chi connectivity index (χ4v) is 2.20. The predicted molar refractivity (Wildman–Crippen MR) is 61.0 cm³/mol. The van der Waals surface area contributed by atoms with E-state index < -0.39 is 6.10 Å². The van der Waals surface area contributed by atoms with E-state index in [0.717, 1.165) is 24.8 Å². The Morgan fingerprint density at radius 1 is 1.40 bits per heavy atom. The van der Waals surface area contributed by atoms with Gasteiger partial charge >= 0.3 is 0 Å². The average molecular weight is 271 g/mol. The van der Waals surface area contributed by atoms with E-state index in [4.69, 9.17) is 0 Å². The molecule has 15 heavy (non-hydrogen) atoms. The first-order valence-corrected chi connectivity index (χ1v) is 5.80. The molecule has 1 N–H and O–H groups in total. The minimum Gasteiger partial charge on any atom is -0.384 e. The molecule has 80 valence electrons. The van der Waals surface area contributed by atoms with Crippen LogP contribution in [-0.4, -0.2) is 5.11 Å². The number of hydrogen-bond donors (Lipinski definition) is 1. The Morgan fingerprint density at radius 2 is 2.20 bits per heavy atom. The lowest BCUT2D eigenvalue weighted by molar-refractivity contribution is 0.207. The van der Waals surface area contributed by atoms with Crippen LogP contribution >= 0.6 is 15.9 Å². The summed E-state index contributed by atoms with van der Waals surface area (Å²) in [5, 5.41) is 9.97. The van der Waals surface area contributed by atoms with Crippen LogP contribution < -0.4 is 0 Å². The molecule has 0 heterocycles. The zero-order valence-corrected chi connectivity index (χ0v) is 9.80. The maximum Gasteiger partial charge on any atom is 0.130 e. The largest absolute Gasteiger partial charge is 0.384 e. The standard InChI is InChI=1S/C12H12BrFO/c13-9-5-6-10(11(14)7-9)12(15)8-3-1-2-4-8/h3,5-7,12,15H,1-2,4H2. The van der Waals surface area contributed by atoms with Gasteiger partial charge in [0, 0.05) is 10.0 Å². The number of aliphatic hydroxyl groups excluding tert-OH is 1. The highest BCUT2D eigenvalue weighted by molar-refractivity contribution is 9.10. The van der Waals surface area contributed by atoms with Gasteiger partial charge in [0.1, 0.15) is 11.9 Å². The summed E-state index contributed by atoms with van der Waals surface area (Å²) in [5.74, 6) is -0.357. The molecule has 0 aromatic heterocycles. The Labute approximate surface area is 96.8 Å². The zero-order chi connectivity index (χ0) is 10.8. The number of allylic oxidation sites excluding steroid dienone is 1. The van der Waals surface area contributed by atoms with Crippen LogP contribution in [0, 0.1) is 5.82 Å². The van der Waals surface area contributed by atoms with E-state index in [0.29, 0.717) is 10.0 Å². The monoisotopic (exact) mass is 270 g/mol. The van der Waals surface area contributed by atoms with Crippen LogP contribution in [0.2, 0.25) is 0 Å². The normalized spacial score (nSPS) is 17.7. The van der Waals surface area contributed by atoms with Crippen molar-refractivity contribution in [2.24, 2.45) is 0 Å². The van der Waals surface area contributed by atoms with Crippen molar-refractivity contribution in [3.63, 3.8) is 0 Å². The van der Waals surface area contributed by atoms with Crippen molar-refractivity contribution in [3.8, 4) is 0 Å². The molecule has 1 aromatic rings. The zero-order valence-electron chi connectivity index (χ0n) is 8.21. The van der Waals surface area contributed by atoms with E-state index in [-0.39, 0.29) is 5.82 Å². The van der Waals surface area contributed by atoms with E-state index >= 15 is 0 Å². The highest BCUT2D eigenvalue weighted by atomic mass is 79.9. The number of aliphatic hydroxyl groups is 1. The number of benzene rings is 1. The van der Waals surface area contributed by atoms with Crippen LogP contribution in [0.25, 0.3) is 0 Å². The van der Waals surface area contributed by atoms with Gasteiger partial charge in [-0.25, -0.2) is 4.39 Å². The van der Waals surface area contributed by atoms with E-state index in [1.165, 1.54) is 6.07 Å². The van der Waals surface area contributed by atoms with Crippen LogP contribution in [0.5, 0.6) is 0 Å². The smallest absolute Gasteiger partial charge is 0.130 e. The van der Waals surface area contributed by atoms with Crippen molar-refractivity contribution in [2.45, 2.75) is 25.4 Å². The molecule has 0 saturated carbocycles. The van der Waals surface area contributed by atoms with Gasteiger partial charge in [0.25, 0.3) is 0 Å². The molecule has 1 unspecified atom stereocenters. The Morgan fingerprint density at radius 3 is 2.80 bits per heavy atom. The summed E-state index contributed by atoms with van der Waals surface area (Å²) < 4.78 is 14.2. The van der Waals surface area contributed by atoms with Crippen molar-refractivity contribution in [1.82, 2.24) is 0 Å². The summed E-state index contributed by atoms with van der Waals surface area (Å²) in [5.41, 5.74) is 1.31. The molecule has 2 rings (SSSR count). The summed E-state index contributed by atoms with van der Waals surface area (Å²) in [6.07, 6.45) is 4.15. The van der Waals surface area contributed by atoms with E-state index in [2.05, 4.69) is 15.9 Å². The van der Waals surface area contributed by atoms with E-state index in [1.54, 1.807) is 12.1 Å². The van der Waals surface area contributed by atoms with Gasteiger partial charge in [-0.2, -0.15) is 0 Å². The summed E-state index contributed by atoms with van der Waals surface area (Å²) in [6.45, 7) is 0. The highest BCUT2D eigenvalue weighted by Gasteiger charge is 2.19. The molecule has 0 bridgehead atoms. The van der Waals surface area contributed by atoms with Gasteiger partial charge in [0.15, 0.2) is 0 Å². The Balaban J connectivity index is 2.28. The molecule has 1 aromatic carbocycles. The minimum absolute atomic E-state index is 0.357. The van der Waals surface area contributed by atoms with Crippen molar-refractivity contribution in [3.05, 3.63) is 45.7 Å². The lowest BCUT2D eigenvalue weighted by atomic mass is 10.0. The first-order chi connectivity index (χ1) is 7.18. The summed E-state index contributed by atoms with van der Waals surface area (Å²) in [7, 11) is 0. The lowest BCUT2D eigenvalue weighted by Gasteiger charge is -2.13. The van der Waals surface area contributed by atoms with Gasteiger partial charge in [-0.15, -0.1) is 0 Å². The first-order valence-electron chi connectivity index (χ1n) is 5.00. The van der Waals surface area contributed by atoms with Crippen molar-refractivity contribution in [2.75, 3.05) is 0 Å². The first kappa shape index (κ1) is 10.8. The topological polar surface area (TPSA) is 20.2 Å². The molecule has 0 amide bonds. The summed E-state index contributed by atoms with van der Waals surface area (Å²) in [6, 6.07) is 4.76. The Hall–Kier alpha value is -0.670. The van der Waals surface area contributed by atoms with E-state index in [1.807, 2.05) is 6.08 Å². The molecule has 0 aliphatic heterocycles. The summed E-state index contributed by atoms with van der Waals surface area (Å²) in [4.78, 5) is 0. The lowest BCUT2D eigenvalue weighted by Crippen LogP contribution is -2.02. The maximum atomic E-state index is 13.5. The average Bonchev–Trinajstić information content (AvgIpc) is 2.69. The van der Waals surface area contributed by atoms with Gasteiger partial charge < -0.3 is 5.11 Å². The number of hydrogen-bond acceptors (Lipinski definition) is 1. The number of halogens is 2. The molecule has 1 atom stereocenters. The minimum atomic E-state index is -0.777. The molecule has 0 fully saturated rings. The van der Waals surface area contributed by atoms with Crippen LogP contribution in [0.3, 0.4) is 0 Å². The fourth-order valence-electron chi connectivity index (χ4n) is 1.87. The predicted octanol–water partition coefficient (Wildman–Crippen LogP) is 3.73. The maximum absolute atomic E-state index is 13.5. The second-order valence-electron chi connectivity index (χ2n) is 3.74. The van der Waals surface area contributed by atoms with Crippen LogP contribution in [0.4, 0.5) is 4.39 Å². The molecular weight excluding hydrogens is 259 g/mol. The third kappa shape index (κ3) is 2.29. The molecule has 0 spiro atoms. The van der Waals surface area contributed by atoms with Gasteiger partial charge in [0.05, 0.1) is 0 Å². The Kier molecular flexibility index (Phi) is 3.22. The third-order valence-corrected chi connectivity index (χ3v) is 3.18. The third-order valence-electron chi connectivity index (χ3n) is 2.68.